The molecule has 7 nitrogen and oxygen atoms in total. The number of rotatable bonds is 4. The van der Waals surface area contributed by atoms with E-state index in [9.17, 15) is 8.42 Å². The maximum atomic E-state index is 11.5. The molecule has 18 heavy (non-hydrogen) atoms. The summed E-state index contributed by atoms with van der Waals surface area (Å²) in [7, 11) is -0.188. The molecule has 108 valence electrons. The van der Waals surface area contributed by atoms with E-state index < -0.39 is 10.0 Å². The smallest absolute Gasteiger partial charge is 0.215 e. The SMILES string of the molecule is CN(C)S(=O)(=O)CCN=C(N)N1CCOCC1.I. The van der Waals surface area contributed by atoms with Crippen LogP contribution in [-0.4, -0.2) is 76.3 Å². The molecule has 0 radical (unpaired) electrons. The first-order valence-corrected chi connectivity index (χ1v) is 7.07. The molecule has 0 aromatic heterocycles. The largest absolute Gasteiger partial charge is 0.378 e. The van der Waals surface area contributed by atoms with Crippen LogP contribution in [0.15, 0.2) is 4.99 Å². The minimum Gasteiger partial charge on any atom is -0.378 e. The third kappa shape index (κ3) is 5.67. The molecule has 1 heterocycles. The molecule has 0 amide bonds. The van der Waals surface area contributed by atoms with Crippen molar-refractivity contribution in [3.63, 3.8) is 0 Å². The highest BCUT2D eigenvalue weighted by atomic mass is 127. The van der Waals surface area contributed by atoms with Gasteiger partial charge in [-0.15, -0.1) is 24.0 Å². The van der Waals surface area contributed by atoms with Crippen LogP contribution in [0.2, 0.25) is 0 Å². The van der Waals surface area contributed by atoms with Gasteiger partial charge in [0.15, 0.2) is 5.96 Å². The van der Waals surface area contributed by atoms with E-state index in [0.717, 1.165) is 0 Å². The van der Waals surface area contributed by atoms with Gasteiger partial charge in [-0.25, -0.2) is 12.7 Å². The minimum atomic E-state index is -3.20. The number of aliphatic imine (C=N–C) groups is 1. The van der Waals surface area contributed by atoms with Crippen molar-refractivity contribution in [2.45, 2.75) is 0 Å². The van der Waals surface area contributed by atoms with E-state index in [1.165, 1.54) is 18.4 Å². The van der Waals surface area contributed by atoms with Crippen molar-refractivity contribution in [3.8, 4) is 0 Å². The number of ether oxygens (including phenoxy) is 1. The second kappa shape index (κ2) is 8.12. The molecule has 1 fully saturated rings. The van der Waals surface area contributed by atoms with Crippen LogP contribution in [0.25, 0.3) is 0 Å². The third-order valence-corrected chi connectivity index (χ3v) is 4.33. The van der Waals surface area contributed by atoms with E-state index in [1.807, 2.05) is 4.90 Å². The van der Waals surface area contributed by atoms with Crippen LogP contribution >= 0.6 is 24.0 Å². The summed E-state index contributed by atoms with van der Waals surface area (Å²) in [5, 5.41) is 0. The van der Waals surface area contributed by atoms with Crippen molar-refractivity contribution in [2.75, 3.05) is 52.7 Å². The Morgan fingerprint density at radius 3 is 2.44 bits per heavy atom. The topological polar surface area (TPSA) is 88.2 Å². The summed E-state index contributed by atoms with van der Waals surface area (Å²) in [6.07, 6.45) is 0. The molecule has 0 atom stereocenters. The molecule has 0 aromatic rings. The van der Waals surface area contributed by atoms with Gasteiger partial charge in [-0.2, -0.15) is 0 Å². The normalized spacial score (nSPS) is 17.7. The number of guanidine groups is 1. The molecule has 0 spiro atoms. The summed E-state index contributed by atoms with van der Waals surface area (Å²) < 4.78 is 29.3. The Balaban J connectivity index is 0.00000289. The van der Waals surface area contributed by atoms with Crippen LogP contribution in [0.4, 0.5) is 0 Å². The lowest BCUT2D eigenvalue weighted by molar-refractivity contribution is 0.0674. The van der Waals surface area contributed by atoms with Gasteiger partial charge in [-0.3, -0.25) is 4.99 Å². The zero-order chi connectivity index (χ0) is 12.9. The van der Waals surface area contributed by atoms with E-state index >= 15 is 0 Å². The van der Waals surface area contributed by atoms with Gasteiger partial charge >= 0.3 is 0 Å². The molecule has 0 aromatic carbocycles. The fourth-order valence-corrected chi connectivity index (χ4v) is 2.04. The lowest BCUT2D eigenvalue weighted by Gasteiger charge is -2.27. The van der Waals surface area contributed by atoms with E-state index in [-0.39, 0.29) is 36.3 Å². The van der Waals surface area contributed by atoms with Crippen molar-refractivity contribution in [1.29, 1.82) is 0 Å². The number of hydrogen-bond acceptors (Lipinski definition) is 4. The molecule has 2 N–H and O–H groups in total. The highest BCUT2D eigenvalue weighted by Gasteiger charge is 2.14. The average Bonchev–Trinajstić information content (AvgIpc) is 2.29. The maximum Gasteiger partial charge on any atom is 0.215 e. The number of hydrogen-bond donors (Lipinski definition) is 1. The molecule has 1 saturated heterocycles. The van der Waals surface area contributed by atoms with Crippen molar-refractivity contribution in [1.82, 2.24) is 9.21 Å². The minimum absolute atomic E-state index is 0. The Hall–Kier alpha value is -0.130. The summed E-state index contributed by atoms with van der Waals surface area (Å²) >= 11 is 0. The van der Waals surface area contributed by atoms with Gasteiger partial charge in [-0.1, -0.05) is 0 Å². The van der Waals surface area contributed by atoms with E-state index in [2.05, 4.69) is 4.99 Å². The van der Waals surface area contributed by atoms with Gasteiger partial charge in [0.25, 0.3) is 0 Å². The molecular weight excluding hydrogens is 371 g/mol. The number of sulfonamides is 1. The fourth-order valence-electron chi connectivity index (χ4n) is 1.35. The van der Waals surface area contributed by atoms with E-state index in [0.29, 0.717) is 32.3 Å². The second-order valence-corrected chi connectivity index (χ2v) is 6.24. The van der Waals surface area contributed by atoms with E-state index in [4.69, 9.17) is 10.5 Å². The predicted octanol–water partition coefficient (Wildman–Crippen LogP) is -0.857. The molecule has 9 heteroatoms. The lowest BCUT2D eigenvalue weighted by Crippen LogP contribution is -2.45. The molecule has 0 bridgehead atoms. The van der Waals surface area contributed by atoms with Crippen LogP contribution in [-0.2, 0) is 14.8 Å². The van der Waals surface area contributed by atoms with Gasteiger partial charge in [0.05, 0.1) is 25.5 Å². The Morgan fingerprint density at radius 1 is 1.39 bits per heavy atom. The molecule has 1 aliphatic heterocycles. The predicted molar refractivity (Wildman–Crippen MR) is 81.8 cm³/mol. The van der Waals surface area contributed by atoms with Crippen molar-refractivity contribution < 1.29 is 13.2 Å². The van der Waals surface area contributed by atoms with Gasteiger partial charge in [0, 0.05) is 27.2 Å². The zero-order valence-corrected chi connectivity index (χ0v) is 13.8. The first kappa shape index (κ1) is 17.9. The zero-order valence-electron chi connectivity index (χ0n) is 10.7. The highest BCUT2D eigenvalue weighted by molar-refractivity contribution is 14.0. The first-order chi connectivity index (χ1) is 7.93. The maximum absolute atomic E-state index is 11.5. The first-order valence-electron chi connectivity index (χ1n) is 5.46. The van der Waals surface area contributed by atoms with Gasteiger partial charge < -0.3 is 15.4 Å². The highest BCUT2D eigenvalue weighted by Crippen LogP contribution is 1.97. The molecule has 0 aliphatic carbocycles. The van der Waals surface area contributed by atoms with Gasteiger partial charge in [-0.05, 0) is 0 Å². The number of morpholine rings is 1. The standard InChI is InChI=1S/C9H20N4O3S.HI/c1-12(2)17(14,15)8-3-11-9(10)13-4-6-16-7-5-13;/h3-8H2,1-2H3,(H2,10,11);1H. The number of halogens is 1. The van der Waals surface area contributed by atoms with Crippen molar-refractivity contribution in [2.24, 2.45) is 10.7 Å². The van der Waals surface area contributed by atoms with Crippen LogP contribution in [0.1, 0.15) is 0 Å². The molecule has 1 aliphatic rings. The molecule has 0 unspecified atom stereocenters. The lowest BCUT2D eigenvalue weighted by atomic mass is 10.4. The quantitative estimate of drug-likeness (QED) is 0.382. The molecule has 1 rings (SSSR count). The van der Waals surface area contributed by atoms with Crippen LogP contribution in [0, 0.1) is 0 Å². The van der Waals surface area contributed by atoms with Crippen LogP contribution in [0.3, 0.4) is 0 Å². The Morgan fingerprint density at radius 2 is 1.94 bits per heavy atom. The summed E-state index contributed by atoms with van der Waals surface area (Å²) in [6.45, 7) is 2.85. The molecular formula is C9H21IN4O3S. The summed E-state index contributed by atoms with van der Waals surface area (Å²) in [4.78, 5) is 5.97. The van der Waals surface area contributed by atoms with Crippen molar-refractivity contribution in [3.05, 3.63) is 0 Å². The summed E-state index contributed by atoms with van der Waals surface area (Å²) in [5.74, 6) is 0.368. The Bertz CT molecular complexity index is 366. The average molecular weight is 392 g/mol. The monoisotopic (exact) mass is 392 g/mol. The fraction of sp³-hybridized carbons (Fsp3) is 0.889. The summed E-state index contributed by atoms with van der Waals surface area (Å²) in [5.41, 5.74) is 5.77. The number of nitrogens with zero attached hydrogens (tertiary/aromatic N) is 3. The van der Waals surface area contributed by atoms with Gasteiger partial charge in [0.1, 0.15) is 0 Å². The molecule has 0 saturated carbocycles. The number of nitrogens with two attached hydrogens (primary N) is 1. The Kier molecular flexibility index (Phi) is 8.06. The van der Waals surface area contributed by atoms with Crippen LogP contribution < -0.4 is 5.73 Å². The Labute approximate surface area is 125 Å². The second-order valence-electron chi connectivity index (χ2n) is 3.94. The van der Waals surface area contributed by atoms with Crippen LogP contribution in [0.5, 0.6) is 0 Å². The third-order valence-electron chi connectivity index (χ3n) is 2.51. The van der Waals surface area contributed by atoms with Crippen molar-refractivity contribution >= 4 is 40.0 Å². The summed E-state index contributed by atoms with van der Waals surface area (Å²) in [6, 6.07) is 0. The van der Waals surface area contributed by atoms with Gasteiger partial charge in [0.2, 0.25) is 10.0 Å². The van der Waals surface area contributed by atoms with E-state index in [1.54, 1.807) is 0 Å².